The zero-order chi connectivity index (χ0) is 14.2. The van der Waals surface area contributed by atoms with E-state index in [4.69, 9.17) is 15.3 Å². The number of ether oxygens (including phenoxy) is 2. The first-order valence-corrected chi connectivity index (χ1v) is 6.33. The molecule has 0 aliphatic carbocycles. The molecule has 0 radical (unpaired) electrons. The van der Waals surface area contributed by atoms with E-state index in [9.17, 15) is 0 Å². The number of rotatable bonds is 9. The molecule has 0 aromatic carbocycles. The molecule has 9 nitrogen and oxygen atoms in total. The molecule has 0 unspecified atom stereocenters. The van der Waals surface area contributed by atoms with E-state index < -0.39 is 0 Å². The van der Waals surface area contributed by atoms with Gasteiger partial charge in [0, 0.05) is 20.3 Å². The number of nitrogens with two attached hydrogens (primary N) is 1. The molecule has 0 aliphatic heterocycles. The van der Waals surface area contributed by atoms with E-state index in [-0.39, 0.29) is 0 Å². The Labute approximate surface area is 116 Å². The number of methoxy groups -OCH3 is 1. The number of hydrazine groups is 1. The van der Waals surface area contributed by atoms with Crippen LogP contribution in [-0.2, 0) is 9.47 Å². The van der Waals surface area contributed by atoms with Crippen LogP contribution >= 0.6 is 0 Å². The van der Waals surface area contributed by atoms with Crippen molar-refractivity contribution >= 4 is 22.8 Å². The maximum Gasteiger partial charge on any atom is 0.241 e. The molecule has 110 valence electrons. The smallest absolute Gasteiger partial charge is 0.241 e. The van der Waals surface area contributed by atoms with E-state index in [1.807, 2.05) is 0 Å². The molecule has 2 heterocycles. The minimum absolute atomic E-state index is 0.334. The van der Waals surface area contributed by atoms with Crippen molar-refractivity contribution in [2.45, 2.75) is 6.42 Å². The van der Waals surface area contributed by atoms with E-state index in [1.54, 1.807) is 13.3 Å². The Morgan fingerprint density at radius 1 is 1.30 bits per heavy atom. The molecule has 20 heavy (non-hydrogen) atoms. The maximum atomic E-state index is 5.38. The minimum Gasteiger partial charge on any atom is -0.382 e. The molecule has 0 amide bonds. The van der Waals surface area contributed by atoms with Crippen molar-refractivity contribution in [3.63, 3.8) is 0 Å². The predicted molar refractivity (Wildman–Crippen MR) is 75.3 cm³/mol. The highest BCUT2D eigenvalue weighted by Gasteiger charge is 2.08. The number of hydrogen-bond acceptors (Lipinski definition) is 8. The van der Waals surface area contributed by atoms with Crippen LogP contribution in [0.1, 0.15) is 6.42 Å². The van der Waals surface area contributed by atoms with Crippen LogP contribution in [0.25, 0.3) is 11.0 Å². The minimum atomic E-state index is 0.334. The number of aromatic nitrogens is 4. The third-order valence-electron chi connectivity index (χ3n) is 2.63. The van der Waals surface area contributed by atoms with Gasteiger partial charge in [-0.1, -0.05) is 0 Å². The van der Waals surface area contributed by atoms with Gasteiger partial charge in [-0.2, -0.15) is 15.1 Å². The van der Waals surface area contributed by atoms with Gasteiger partial charge in [0.25, 0.3) is 0 Å². The molecule has 0 bridgehead atoms. The Morgan fingerprint density at radius 3 is 3.00 bits per heavy atom. The average molecular weight is 281 g/mol. The van der Waals surface area contributed by atoms with E-state index >= 15 is 0 Å². The third kappa shape index (κ3) is 3.76. The molecule has 0 aliphatic rings. The summed E-state index contributed by atoms with van der Waals surface area (Å²) in [5.41, 5.74) is 3.06. The molecule has 0 spiro atoms. The lowest BCUT2D eigenvalue weighted by Gasteiger charge is -2.08. The highest BCUT2D eigenvalue weighted by Crippen LogP contribution is 2.19. The number of nitrogen functional groups attached to an aromatic ring is 1. The number of nitrogens with zero attached hydrogens (tertiary/aromatic N) is 3. The van der Waals surface area contributed by atoms with Gasteiger partial charge in [-0.3, -0.25) is 10.5 Å². The summed E-state index contributed by atoms with van der Waals surface area (Å²) < 4.78 is 10.3. The quantitative estimate of drug-likeness (QED) is 0.290. The number of nitrogens with one attached hydrogen (secondary N) is 3. The second-order valence-corrected chi connectivity index (χ2v) is 4.06. The van der Waals surface area contributed by atoms with Gasteiger partial charge in [0.05, 0.1) is 24.8 Å². The zero-order valence-electron chi connectivity index (χ0n) is 11.3. The van der Waals surface area contributed by atoms with Crippen molar-refractivity contribution in [3.05, 3.63) is 6.20 Å². The van der Waals surface area contributed by atoms with Crippen molar-refractivity contribution in [3.8, 4) is 0 Å². The average Bonchev–Trinajstić information content (AvgIpc) is 2.94. The van der Waals surface area contributed by atoms with Crippen LogP contribution in [0.5, 0.6) is 0 Å². The molecular formula is C11H19N7O2. The fraction of sp³-hybridized carbons (Fsp3) is 0.545. The van der Waals surface area contributed by atoms with Crippen molar-refractivity contribution in [1.82, 2.24) is 20.2 Å². The van der Waals surface area contributed by atoms with Gasteiger partial charge in [0.2, 0.25) is 5.95 Å². The van der Waals surface area contributed by atoms with Crippen LogP contribution in [0.15, 0.2) is 6.20 Å². The topological polar surface area (TPSA) is 123 Å². The molecule has 2 aromatic rings. The van der Waals surface area contributed by atoms with Gasteiger partial charge in [-0.15, -0.1) is 0 Å². The highest BCUT2D eigenvalue weighted by atomic mass is 16.5. The van der Waals surface area contributed by atoms with Gasteiger partial charge >= 0.3 is 0 Å². The summed E-state index contributed by atoms with van der Waals surface area (Å²) in [5, 5.41) is 10.8. The largest absolute Gasteiger partial charge is 0.382 e. The van der Waals surface area contributed by atoms with Crippen LogP contribution in [0, 0.1) is 0 Å². The lowest BCUT2D eigenvalue weighted by Crippen LogP contribution is -2.13. The predicted octanol–water partition coefficient (Wildman–Crippen LogP) is 0.104. The third-order valence-corrected chi connectivity index (χ3v) is 2.63. The van der Waals surface area contributed by atoms with Crippen molar-refractivity contribution < 1.29 is 9.47 Å². The molecule has 0 saturated carbocycles. The van der Waals surface area contributed by atoms with Crippen LogP contribution in [0.4, 0.5) is 11.8 Å². The maximum absolute atomic E-state index is 5.38. The Kier molecular flexibility index (Phi) is 5.47. The Hall–Kier alpha value is -1.97. The Bertz CT molecular complexity index is 530. The number of aromatic amines is 1. The summed E-state index contributed by atoms with van der Waals surface area (Å²) in [5.74, 6) is 6.35. The standard InChI is InChI=1S/C11H19N7O2/c1-19-5-6-20-4-2-3-13-9-8-7-14-18-10(8)16-11(15-9)17-12/h7H,2-6,12H2,1H3,(H3,13,14,15,16,17,18). The second kappa shape index (κ2) is 7.58. The van der Waals surface area contributed by atoms with Crippen molar-refractivity contribution in [2.75, 3.05) is 44.2 Å². The van der Waals surface area contributed by atoms with Crippen LogP contribution < -0.4 is 16.6 Å². The SMILES string of the molecule is COCCOCCCNc1nc(NN)nc2[nH]ncc12. The normalized spacial score (nSPS) is 10.9. The van der Waals surface area contributed by atoms with E-state index in [0.29, 0.717) is 37.2 Å². The number of H-pyrrole nitrogens is 1. The van der Waals surface area contributed by atoms with Crippen molar-refractivity contribution in [1.29, 1.82) is 0 Å². The lowest BCUT2D eigenvalue weighted by atomic mass is 10.3. The summed E-state index contributed by atoms with van der Waals surface area (Å²) >= 11 is 0. The van der Waals surface area contributed by atoms with Gasteiger partial charge < -0.3 is 14.8 Å². The fourth-order valence-corrected chi connectivity index (χ4v) is 1.66. The number of hydrogen-bond donors (Lipinski definition) is 4. The van der Waals surface area contributed by atoms with E-state index in [2.05, 4.69) is 30.9 Å². The Morgan fingerprint density at radius 2 is 2.20 bits per heavy atom. The van der Waals surface area contributed by atoms with Gasteiger partial charge in [0.15, 0.2) is 5.65 Å². The van der Waals surface area contributed by atoms with Gasteiger partial charge in [0.1, 0.15) is 5.82 Å². The highest BCUT2D eigenvalue weighted by molar-refractivity contribution is 5.86. The van der Waals surface area contributed by atoms with E-state index in [1.165, 1.54) is 0 Å². The molecule has 0 saturated heterocycles. The van der Waals surface area contributed by atoms with Crippen LogP contribution in [0.3, 0.4) is 0 Å². The molecule has 0 atom stereocenters. The van der Waals surface area contributed by atoms with Crippen LogP contribution in [0.2, 0.25) is 0 Å². The first-order chi connectivity index (χ1) is 9.85. The number of fused-ring (bicyclic) bond motifs is 1. The zero-order valence-corrected chi connectivity index (χ0v) is 11.3. The summed E-state index contributed by atoms with van der Waals surface area (Å²) in [6, 6.07) is 0. The summed E-state index contributed by atoms with van der Waals surface area (Å²) in [6.07, 6.45) is 2.53. The van der Waals surface area contributed by atoms with E-state index in [0.717, 1.165) is 18.4 Å². The first-order valence-electron chi connectivity index (χ1n) is 6.33. The monoisotopic (exact) mass is 281 g/mol. The number of anilines is 2. The first kappa shape index (κ1) is 14.4. The van der Waals surface area contributed by atoms with Crippen molar-refractivity contribution in [2.24, 2.45) is 5.84 Å². The molecule has 9 heteroatoms. The second-order valence-electron chi connectivity index (χ2n) is 4.06. The summed E-state index contributed by atoms with van der Waals surface area (Å²) in [7, 11) is 1.65. The van der Waals surface area contributed by atoms with Crippen LogP contribution in [-0.4, -0.2) is 53.6 Å². The van der Waals surface area contributed by atoms with Gasteiger partial charge in [-0.05, 0) is 6.42 Å². The summed E-state index contributed by atoms with van der Waals surface area (Å²) in [6.45, 7) is 2.62. The molecular weight excluding hydrogens is 262 g/mol. The molecule has 2 rings (SSSR count). The summed E-state index contributed by atoms with van der Waals surface area (Å²) in [4.78, 5) is 8.41. The Balaban J connectivity index is 1.84. The molecule has 2 aromatic heterocycles. The lowest BCUT2D eigenvalue weighted by molar-refractivity contribution is 0.0705. The molecule has 0 fully saturated rings. The van der Waals surface area contributed by atoms with Gasteiger partial charge in [-0.25, -0.2) is 5.84 Å². The fourth-order valence-electron chi connectivity index (χ4n) is 1.66. The molecule has 5 N–H and O–H groups in total.